The molecule has 0 amide bonds. The SMILES string of the molecule is Cc1ccc(CN2CCO[C@H]2c2cn(Cc3ccccc3)nn2)cc1. The molecule has 1 aliphatic rings. The Labute approximate surface area is 147 Å². The highest BCUT2D eigenvalue weighted by Gasteiger charge is 2.29. The third-order valence-corrected chi connectivity index (χ3v) is 4.49. The Morgan fingerprint density at radius 2 is 1.76 bits per heavy atom. The lowest BCUT2D eigenvalue weighted by molar-refractivity contribution is 0.0252. The third kappa shape index (κ3) is 3.78. The van der Waals surface area contributed by atoms with Gasteiger partial charge in [-0.25, -0.2) is 4.68 Å². The topological polar surface area (TPSA) is 43.2 Å². The van der Waals surface area contributed by atoms with Crippen molar-refractivity contribution in [3.8, 4) is 0 Å². The molecule has 1 atom stereocenters. The van der Waals surface area contributed by atoms with Crippen LogP contribution in [0.2, 0.25) is 0 Å². The Hall–Kier alpha value is -2.50. The van der Waals surface area contributed by atoms with E-state index in [9.17, 15) is 0 Å². The molecular formula is C20H22N4O. The molecule has 128 valence electrons. The summed E-state index contributed by atoms with van der Waals surface area (Å²) in [4.78, 5) is 2.31. The van der Waals surface area contributed by atoms with E-state index in [1.165, 1.54) is 16.7 Å². The number of rotatable bonds is 5. The number of benzene rings is 2. The molecule has 1 saturated heterocycles. The van der Waals surface area contributed by atoms with E-state index in [4.69, 9.17) is 4.74 Å². The normalized spacial score (nSPS) is 17.9. The van der Waals surface area contributed by atoms with Crippen LogP contribution >= 0.6 is 0 Å². The summed E-state index contributed by atoms with van der Waals surface area (Å²) in [7, 11) is 0. The molecule has 5 nitrogen and oxygen atoms in total. The minimum Gasteiger partial charge on any atom is -0.356 e. The number of hydrogen-bond donors (Lipinski definition) is 0. The van der Waals surface area contributed by atoms with Crippen molar-refractivity contribution in [1.82, 2.24) is 19.9 Å². The van der Waals surface area contributed by atoms with Crippen LogP contribution in [0.15, 0.2) is 60.8 Å². The number of aryl methyl sites for hydroxylation is 1. The van der Waals surface area contributed by atoms with Crippen LogP contribution in [0.25, 0.3) is 0 Å². The lowest BCUT2D eigenvalue weighted by Crippen LogP contribution is -2.23. The van der Waals surface area contributed by atoms with Gasteiger partial charge < -0.3 is 4.74 Å². The second-order valence-corrected chi connectivity index (χ2v) is 6.51. The fourth-order valence-electron chi connectivity index (χ4n) is 3.14. The van der Waals surface area contributed by atoms with Crippen LogP contribution in [0.5, 0.6) is 0 Å². The zero-order valence-corrected chi connectivity index (χ0v) is 14.4. The third-order valence-electron chi connectivity index (χ3n) is 4.49. The average molecular weight is 334 g/mol. The summed E-state index contributed by atoms with van der Waals surface area (Å²) in [6.45, 7) is 5.32. The van der Waals surface area contributed by atoms with E-state index in [2.05, 4.69) is 58.5 Å². The van der Waals surface area contributed by atoms with E-state index in [1.807, 2.05) is 29.1 Å². The standard InChI is InChI=1S/C20H22N4O/c1-16-7-9-18(10-8-16)13-23-11-12-25-20(23)19-15-24(22-21-19)14-17-5-3-2-4-6-17/h2-10,15,20H,11-14H2,1H3/t20-/m0/s1. The van der Waals surface area contributed by atoms with Gasteiger partial charge in [-0.05, 0) is 18.1 Å². The molecule has 0 unspecified atom stereocenters. The van der Waals surface area contributed by atoms with Gasteiger partial charge in [-0.1, -0.05) is 65.4 Å². The van der Waals surface area contributed by atoms with E-state index in [0.29, 0.717) is 0 Å². The fourth-order valence-corrected chi connectivity index (χ4v) is 3.14. The molecule has 1 fully saturated rings. The first-order valence-electron chi connectivity index (χ1n) is 8.63. The van der Waals surface area contributed by atoms with Gasteiger partial charge in [0.25, 0.3) is 0 Å². The summed E-state index contributed by atoms with van der Waals surface area (Å²) in [5, 5.41) is 8.62. The first kappa shape index (κ1) is 16.0. The second kappa shape index (κ2) is 7.17. The van der Waals surface area contributed by atoms with Crippen LogP contribution in [0.4, 0.5) is 0 Å². The molecule has 0 saturated carbocycles. The van der Waals surface area contributed by atoms with Crippen LogP contribution < -0.4 is 0 Å². The van der Waals surface area contributed by atoms with E-state index < -0.39 is 0 Å². The van der Waals surface area contributed by atoms with Crippen molar-refractivity contribution in [3.05, 3.63) is 83.2 Å². The van der Waals surface area contributed by atoms with Crippen LogP contribution in [0.1, 0.15) is 28.6 Å². The zero-order chi connectivity index (χ0) is 17.1. The average Bonchev–Trinajstić information content (AvgIpc) is 3.27. The predicted molar refractivity (Wildman–Crippen MR) is 95.8 cm³/mol. The maximum Gasteiger partial charge on any atom is 0.157 e. The fraction of sp³-hybridized carbons (Fsp3) is 0.300. The molecule has 3 aromatic rings. The molecule has 0 spiro atoms. The molecule has 0 radical (unpaired) electrons. The molecular weight excluding hydrogens is 312 g/mol. The van der Waals surface area contributed by atoms with Gasteiger partial charge in [-0.3, -0.25) is 4.90 Å². The Morgan fingerprint density at radius 1 is 1.00 bits per heavy atom. The van der Waals surface area contributed by atoms with Crippen LogP contribution in [-0.2, 0) is 17.8 Å². The minimum atomic E-state index is -0.120. The summed E-state index contributed by atoms with van der Waals surface area (Å²) in [5.74, 6) is 0. The van der Waals surface area contributed by atoms with Gasteiger partial charge in [-0.2, -0.15) is 0 Å². The van der Waals surface area contributed by atoms with Crippen molar-refractivity contribution < 1.29 is 4.74 Å². The van der Waals surface area contributed by atoms with Crippen LogP contribution in [-0.4, -0.2) is 33.0 Å². The lowest BCUT2D eigenvalue weighted by Gasteiger charge is -2.21. The van der Waals surface area contributed by atoms with Gasteiger partial charge in [0.15, 0.2) is 6.23 Å². The van der Waals surface area contributed by atoms with Crippen molar-refractivity contribution >= 4 is 0 Å². The van der Waals surface area contributed by atoms with E-state index in [1.54, 1.807) is 0 Å². The highest BCUT2D eigenvalue weighted by Crippen LogP contribution is 2.27. The molecule has 25 heavy (non-hydrogen) atoms. The molecule has 2 heterocycles. The zero-order valence-electron chi connectivity index (χ0n) is 14.4. The van der Waals surface area contributed by atoms with Gasteiger partial charge in [0.05, 0.1) is 19.3 Å². The molecule has 1 aliphatic heterocycles. The molecule has 5 heteroatoms. The smallest absolute Gasteiger partial charge is 0.157 e. The maximum atomic E-state index is 5.92. The van der Waals surface area contributed by atoms with Gasteiger partial charge in [0.1, 0.15) is 5.69 Å². The van der Waals surface area contributed by atoms with Crippen molar-refractivity contribution in [3.63, 3.8) is 0 Å². The summed E-state index contributed by atoms with van der Waals surface area (Å²) in [6.07, 6.45) is 1.87. The lowest BCUT2D eigenvalue weighted by atomic mass is 10.1. The first-order chi connectivity index (χ1) is 12.3. The molecule has 1 aromatic heterocycles. The maximum absolute atomic E-state index is 5.92. The Kier molecular flexibility index (Phi) is 4.59. The summed E-state index contributed by atoms with van der Waals surface area (Å²) < 4.78 is 7.79. The van der Waals surface area contributed by atoms with Crippen molar-refractivity contribution in [2.75, 3.05) is 13.2 Å². The summed E-state index contributed by atoms with van der Waals surface area (Å²) >= 11 is 0. The largest absolute Gasteiger partial charge is 0.356 e. The van der Waals surface area contributed by atoms with E-state index in [-0.39, 0.29) is 6.23 Å². The number of ether oxygens (including phenoxy) is 1. The highest BCUT2D eigenvalue weighted by atomic mass is 16.5. The molecule has 0 aliphatic carbocycles. The van der Waals surface area contributed by atoms with Gasteiger partial charge >= 0.3 is 0 Å². The number of nitrogens with zero attached hydrogens (tertiary/aromatic N) is 4. The van der Waals surface area contributed by atoms with Crippen LogP contribution in [0.3, 0.4) is 0 Å². The van der Waals surface area contributed by atoms with Crippen molar-refractivity contribution in [2.24, 2.45) is 0 Å². The first-order valence-corrected chi connectivity index (χ1v) is 8.63. The molecule has 0 bridgehead atoms. The molecule has 4 rings (SSSR count). The summed E-state index contributed by atoms with van der Waals surface area (Å²) in [5.41, 5.74) is 4.66. The Bertz CT molecular complexity index is 813. The Morgan fingerprint density at radius 3 is 2.56 bits per heavy atom. The van der Waals surface area contributed by atoms with Crippen molar-refractivity contribution in [2.45, 2.75) is 26.2 Å². The van der Waals surface area contributed by atoms with E-state index in [0.717, 1.165) is 31.9 Å². The summed E-state index contributed by atoms with van der Waals surface area (Å²) in [6, 6.07) is 18.9. The number of hydrogen-bond acceptors (Lipinski definition) is 4. The predicted octanol–water partition coefficient (Wildman–Crippen LogP) is 3.17. The Balaban J connectivity index is 1.46. The quantitative estimate of drug-likeness (QED) is 0.719. The highest BCUT2D eigenvalue weighted by molar-refractivity contribution is 5.21. The van der Waals surface area contributed by atoms with Crippen molar-refractivity contribution in [1.29, 1.82) is 0 Å². The minimum absolute atomic E-state index is 0.120. The number of aromatic nitrogens is 3. The van der Waals surface area contributed by atoms with Gasteiger partial charge in [-0.15, -0.1) is 5.10 Å². The monoisotopic (exact) mass is 334 g/mol. The van der Waals surface area contributed by atoms with Gasteiger partial charge in [0.2, 0.25) is 0 Å². The molecule has 0 N–H and O–H groups in total. The van der Waals surface area contributed by atoms with E-state index >= 15 is 0 Å². The van der Waals surface area contributed by atoms with Crippen LogP contribution in [0, 0.1) is 6.92 Å². The van der Waals surface area contributed by atoms with Gasteiger partial charge in [0, 0.05) is 13.1 Å². The molecule has 2 aromatic carbocycles. The second-order valence-electron chi connectivity index (χ2n) is 6.51.